The largest absolute Gasteiger partial charge is 0.468 e. The number of hydrogen-bond donors (Lipinski definition) is 1. The Balaban J connectivity index is 2.68. The second kappa shape index (κ2) is 9.91. The summed E-state index contributed by atoms with van der Waals surface area (Å²) in [6.07, 6.45) is 0. The topological polar surface area (TPSA) is 79.0 Å². The van der Waals surface area contributed by atoms with E-state index < -0.39 is 5.97 Å². The van der Waals surface area contributed by atoms with Crippen molar-refractivity contribution < 1.29 is 19.1 Å². The van der Waals surface area contributed by atoms with Crippen LogP contribution in [0, 0.1) is 0 Å². The van der Waals surface area contributed by atoms with Crippen LogP contribution in [0.4, 0.5) is 0 Å². The molecule has 0 spiro atoms. The van der Waals surface area contributed by atoms with Gasteiger partial charge >= 0.3 is 5.97 Å². The van der Waals surface area contributed by atoms with Gasteiger partial charge in [-0.1, -0.05) is 30.3 Å². The number of ether oxygens (including phenoxy) is 1. The molecule has 1 aromatic rings. The molecule has 0 unspecified atom stereocenters. The molecule has 1 N–H and O–H groups in total. The fourth-order valence-electron chi connectivity index (χ4n) is 2.33. The summed E-state index contributed by atoms with van der Waals surface area (Å²) in [7, 11) is 2.89. The van der Waals surface area contributed by atoms with E-state index in [0.717, 1.165) is 5.56 Å². The molecule has 0 saturated heterocycles. The summed E-state index contributed by atoms with van der Waals surface area (Å²) in [6.45, 7) is 6.06. The van der Waals surface area contributed by atoms with E-state index in [9.17, 15) is 14.4 Å². The summed E-state index contributed by atoms with van der Waals surface area (Å²) < 4.78 is 4.71. The maximum atomic E-state index is 12.5. The SMILES string of the molecule is COC(=O)CN(CC(=O)N(C)CC(=O)NC(C)(C)C)Cc1ccccc1. The van der Waals surface area contributed by atoms with Crippen molar-refractivity contribution in [1.82, 2.24) is 15.1 Å². The van der Waals surface area contributed by atoms with Crippen molar-refractivity contribution in [2.45, 2.75) is 32.9 Å². The number of nitrogens with zero attached hydrogens (tertiary/aromatic N) is 2. The highest BCUT2D eigenvalue weighted by Gasteiger charge is 2.21. The fourth-order valence-corrected chi connectivity index (χ4v) is 2.33. The van der Waals surface area contributed by atoms with Crippen molar-refractivity contribution >= 4 is 17.8 Å². The molecule has 1 rings (SSSR count). The lowest BCUT2D eigenvalue weighted by Gasteiger charge is -2.26. The third kappa shape index (κ3) is 8.62. The number of benzene rings is 1. The predicted molar refractivity (Wildman–Crippen MR) is 99.3 cm³/mol. The first-order valence-electron chi connectivity index (χ1n) is 8.49. The molecule has 1 aromatic carbocycles. The van der Waals surface area contributed by atoms with Gasteiger partial charge in [0.2, 0.25) is 11.8 Å². The Morgan fingerprint density at radius 2 is 1.65 bits per heavy atom. The van der Waals surface area contributed by atoms with Gasteiger partial charge < -0.3 is 15.0 Å². The molecule has 26 heavy (non-hydrogen) atoms. The second-order valence-electron chi connectivity index (χ2n) is 7.25. The van der Waals surface area contributed by atoms with Crippen LogP contribution in [0.5, 0.6) is 0 Å². The smallest absolute Gasteiger partial charge is 0.319 e. The van der Waals surface area contributed by atoms with E-state index in [4.69, 9.17) is 4.74 Å². The number of hydrogen-bond acceptors (Lipinski definition) is 5. The summed E-state index contributed by atoms with van der Waals surface area (Å²) in [6, 6.07) is 9.55. The first-order chi connectivity index (χ1) is 12.1. The van der Waals surface area contributed by atoms with E-state index in [-0.39, 0.29) is 37.0 Å². The van der Waals surface area contributed by atoms with Gasteiger partial charge in [-0.05, 0) is 26.3 Å². The lowest BCUT2D eigenvalue weighted by molar-refractivity contribution is -0.143. The molecule has 0 saturated carbocycles. The molecule has 144 valence electrons. The van der Waals surface area contributed by atoms with Gasteiger partial charge in [-0.25, -0.2) is 0 Å². The van der Waals surface area contributed by atoms with Crippen molar-refractivity contribution in [1.29, 1.82) is 0 Å². The minimum absolute atomic E-state index is 0.000832. The van der Waals surface area contributed by atoms with Crippen molar-refractivity contribution in [3.8, 4) is 0 Å². The van der Waals surface area contributed by atoms with Crippen LogP contribution in [0.2, 0.25) is 0 Å². The molecule has 7 heteroatoms. The van der Waals surface area contributed by atoms with Gasteiger partial charge in [-0.2, -0.15) is 0 Å². The first kappa shape index (κ1) is 21.6. The Morgan fingerprint density at radius 1 is 1.04 bits per heavy atom. The average Bonchev–Trinajstić information content (AvgIpc) is 2.53. The summed E-state index contributed by atoms with van der Waals surface area (Å²) in [5.74, 6) is -0.883. The first-order valence-corrected chi connectivity index (χ1v) is 8.49. The lowest BCUT2D eigenvalue weighted by atomic mass is 10.1. The molecular formula is C19H29N3O4. The summed E-state index contributed by atoms with van der Waals surface area (Å²) >= 11 is 0. The quantitative estimate of drug-likeness (QED) is 0.698. The minimum atomic E-state index is -0.415. The third-order valence-corrected chi connectivity index (χ3v) is 3.51. The van der Waals surface area contributed by atoms with Crippen molar-refractivity contribution in [2.75, 3.05) is 33.8 Å². The van der Waals surface area contributed by atoms with Gasteiger partial charge in [0.05, 0.1) is 26.7 Å². The summed E-state index contributed by atoms with van der Waals surface area (Å²) in [4.78, 5) is 39.1. The average molecular weight is 363 g/mol. The number of amides is 2. The van der Waals surface area contributed by atoms with Gasteiger partial charge in [-0.3, -0.25) is 19.3 Å². The van der Waals surface area contributed by atoms with Crippen LogP contribution in [0.15, 0.2) is 30.3 Å². The van der Waals surface area contributed by atoms with E-state index in [1.807, 2.05) is 51.1 Å². The molecule has 0 aliphatic heterocycles. The number of likely N-dealkylation sites (N-methyl/N-ethyl adjacent to an activating group) is 1. The van der Waals surface area contributed by atoms with Crippen molar-refractivity contribution in [3.63, 3.8) is 0 Å². The second-order valence-corrected chi connectivity index (χ2v) is 7.25. The van der Waals surface area contributed by atoms with Crippen LogP contribution >= 0.6 is 0 Å². The van der Waals surface area contributed by atoms with Gasteiger partial charge in [0, 0.05) is 19.1 Å². The molecule has 2 amide bonds. The number of carbonyl (C=O) groups excluding carboxylic acids is 3. The van der Waals surface area contributed by atoms with E-state index in [1.54, 1.807) is 11.9 Å². The Hall–Kier alpha value is -2.41. The number of carbonyl (C=O) groups is 3. The maximum Gasteiger partial charge on any atom is 0.319 e. The highest BCUT2D eigenvalue weighted by Crippen LogP contribution is 2.05. The van der Waals surface area contributed by atoms with Crippen LogP contribution in [0.25, 0.3) is 0 Å². The maximum absolute atomic E-state index is 12.5. The lowest BCUT2D eigenvalue weighted by Crippen LogP contribution is -2.48. The molecule has 0 aliphatic carbocycles. The van der Waals surface area contributed by atoms with E-state index >= 15 is 0 Å². The number of nitrogens with one attached hydrogen (secondary N) is 1. The molecule has 0 radical (unpaired) electrons. The summed E-state index contributed by atoms with van der Waals surface area (Å²) in [5.41, 5.74) is 0.628. The Labute approximate surface area is 155 Å². The molecule has 0 heterocycles. The Bertz CT molecular complexity index is 611. The van der Waals surface area contributed by atoms with Crippen LogP contribution in [-0.4, -0.2) is 66.9 Å². The Kier molecular flexibility index (Phi) is 8.25. The monoisotopic (exact) mass is 363 g/mol. The zero-order valence-electron chi connectivity index (χ0n) is 16.2. The molecule has 0 aliphatic rings. The predicted octanol–water partition coefficient (Wildman–Crippen LogP) is 1.03. The van der Waals surface area contributed by atoms with E-state index in [1.165, 1.54) is 12.0 Å². The molecule has 0 fully saturated rings. The third-order valence-electron chi connectivity index (χ3n) is 3.51. The highest BCUT2D eigenvalue weighted by atomic mass is 16.5. The highest BCUT2D eigenvalue weighted by molar-refractivity contribution is 5.86. The molecule has 0 aromatic heterocycles. The minimum Gasteiger partial charge on any atom is -0.468 e. The zero-order chi connectivity index (χ0) is 19.7. The van der Waals surface area contributed by atoms with Crippen LogP contribution in [0.3, 0.4) is 0 Å². The van der Waals surface area contributed by atoms with Crippen molar-refractivity contribution in [3.05, 3.63) is 35.9 Å². The van der Waals surface area contributed by atoms with Gasteiger partial charge in [0.25, 0.3) is 0 Å². The normalized spacial score (nSPS) is 11.2. The molecule has 7 nitrogen and oxygen atoms in total. The number of esters is 1. The molecule has 0 atom stereocenters. The zero-order valence-corrected chi connectivity index (χ0v) is 16.2. The number of methoxy groups -OCH3 is 1. The molecular weight excluding hydrogens is 334 g/mol. The Morgan fingerprint density at radius 3 is 2.19 bits per heavy atom. The molecule has 0 bridgehead atoms. The van der Waals surface area contributed by atoms with Crippen molar-refractivity contribution in [2.24, 2.45) is 0 Å². The van der Waals surface area contributed by atoms with Crippen LogP contribution < -0.4 is 5.32 Å². The van der Waals surface area contributed by atoms with E-state index in [0.29, 0.717) is 6.54 Å². The standard InChI is InChI=1S/C19H29N3O4/c1-19(2,3)20-16(23)12-21(4)17(24)13-22(14-18(25)26-5)11-15-9-7-6-8-10-15/h6-10H,11-14H2,1-5H3,(H,20,23). The fraction of sp³-hybridized carbons (Fsp3) is 0.526. The van der Waals surface area contributed by atoms with Crippen LogP contribution in [0.1, 0.15) is 26.3 Å². The van der Waals surface area contributed by atoms with Gasteiger partial charge in [0.15, 0.2) is 0 Å². The van der Waals surface area contributed by atoms with Gasteiger partial charge in [-0.15, -0.1) is 0 Å². The van der Waals surface area contributed by atoms with Gasteiger partial charge in [0.1, 0.15) is 0 Å². The van der Waals surface area contributed by atoms with E-state index in [2.05, 4.69) is 5.32 Å². The summed E-state index contributed by atoms with van der Waals surface area (Å²) in [5, 5.41) is 2.82. The van der Waals surface area contributed by atoms with Crippen LogP contribution in [-0.2, 0) is 25.7 Å². The number of rotatable bonds is 8.